The lowest BCUT2D eigenvalue weighted by atomic mass is 10.3. The standard InChI is InChI=1S/C10H5N5O4/c16-10-5-3-11-4-12-8(5)13-9(14-10)6-1-2-7(19-6)15(17)18/h1-4H,(H,11,12,13,14,16). The quantitative estimate of drug-likeness (QED) is 0.534. The first kappa shape index (κ1) is 11.0. The van der Waals surface area contributed by atoms with Gasteiger partial charge in [-0.1, -0.05) is 0 Å². The molecule has 3 aromatic rings. The average Bonchev–Trinajstić information content (AvgIpc) is 2.88. The predicted molar refractivity (Wildman–Crippen MR) is 62.3 cm³/mol. The molecule has 9 nitrogen and oxygen atoms in total. The summed E-state index contributed by atoms with van der Waals surface area (Å²) < 4.78 is 4.96. The molecule has 0 bridgehead atoms. The van der Waals surface area contributed by atoms with E-state index in [-0.39, 0.29) is 22.6 Å². The molecule has 0 aliphatic carbocycles. The Labute approximate surface area is 104 Å². The Kier molecular flexibility index (Phi) is 2.31. The molecule has 0 amide bonds. The van der Waals surface area contributed by atoms with Crippen molar-refractivity contribution in [3.05, 3.63) is 45.1 Å². The van der Waals surface area contributed by atoms with Crippen LogP contribution in [-0.4, -0.2) is 24.9 Å². The molecule has 0 aliphatic heterocycles. The molecule has 0 atom stereocenters. The Morgan fingerprint density at radius 2 is 2.21 bits per heavy atom. The maximum absolute atomic E-state index is 11.8. The summed E-state index contributed by atoms with van der Waals surface area (Å²) in [5.41, 5.74) is -0.257. The second-order valence-electron chi connectivity index (χ2n) is 3.57. The van der Waals surface area contributed by atoms with E-state index >= 15 is 0 Å². The van der Waals surface area contributed by atoms with E-state index in [1.807, 2.05) is 0 Å². The van der Waals surface area contributed by atoms with E-state index < -0.39 is 16.4 Å². The summed E-state index contributed by atoms with van der Waals surface area (Å²) in [6.45, 7) is 0. The van der Waals surface area contributed by atoms with Crippen molar-refractivity contribution >= 4 is 16.9 Å². The van der Waals surface area contributed by atoms with Gasteiger partial charge >= 0.3 is 5.88 Å². The molecule has 9 heteroatoms. The summed E-state index contributed by atoms with van der Waals surface area (Å²) in [5.74, 6) is -0.269. The fraction of sp³-hybridized carbons (Fsp3) is 0. The number of aromatic amines is 1. The van der Waals surface area contributed by atoms with Gasteiger partial charge < -0.3 is 9.40 Å². The van der Waals surface area contributed by atoms with Crippen molar-refractivity contribution in [1.29, 1.82) is 0 Å². The van der Waals surface area contributed by atoms with Gasteiger partial charge in [-0.15, -0.1) is 0 Å². The van der Waals surface area contributed by atoms with E-state index in [0.29, 0.717) is 0 Å². The van der Waals surface area contributed by atoms with Crippen molar-refractivity contribution < 1.29 is 9.34 Å². The highest BCUT2D eigenvalue weighted by Gasteiger charge is 2.15. The van der Waals surface area contributed by atoms with Gasteiger partial charge in [0.25, 0.3) is 5.56 Å². The van der Waals surface area contributed by atoms with Gasteiger partial charge in [0.1, 0.15) is 16.6 Å². The van der Waals surface area contributed by atoms with Crippen LogP contribution in [0.25, 0.3) is 22.6 Å². The number of H-pyrrole nitrogens is 1. The lowest BCUT2D eigenvalue weighted by molar-refractivity contribution is -0.401. The van der Waals surface area contributed by atoms with E-state index in [9.17, 15) is 14.9 Å². The van der Waals surface area contributed by atoms with Crippen molar-refractivity contribution in [2.24, 2.45) is 0 Å². The van der Waals surface area contributed by atoms with E-state index in [0.717, 1.165) is 0 Å². The van der Waals surface area contributed by atoms with Gasteiger partial charge in [-0.2, -0.15) is 0 Å². The minimum Gasteiger partial charge on any atom is -0.397 e. The van der Waals surface area contributed by atoms with Crippen LogP contribution in [-0.2, 0) is 0 Å². The van der Waals surface area contributed by atoms with E-state index in [2.05, 4.69) is 19.9 Å². The number of aromatic nitrogens is 4. The SMILES string of the molecule is O=c1[nH]c(-c2ccc([N+](=O)[O-])o2)nc2ncncc12. The van der Waals surface area contributed by atoms with Gasteiger partial charge in [-0.3, -0.25) is 14.9 Å². The molecule has 0 fully saturated rings. The van der Waals surface area contributed by atoms with Crippen molar-refractivity contribution in [2.45, 2.75) is 0 Å². The lowest BCUT2D eigenvalue weighted by Gasteiger charge is -1.98. The van der Waals surface area contributed by atoms with Crippen LogP contribution >= 0.6 is 0 Å². The molecular formula is C10H5N5O4. The molecular weight excluding hydrogens is 254 g/mol. The highest BCUT2D eigenvalue weighted by atomic mass is 16.6. The first-order chi connectivity index (χ1) is 9.15. The number of nitrogens with zero attached hydrogens (tertiary/aromatic N) is 4. The normalized spacial score (nSPS) is 10.7. The van der Waals surface area contributed by atoms with Gasteiger partial charge in [-0.05, 0) is 6.07 Å². The molecule has 19 heavy (non-hydrogen) atoms. The third kappa shape index (κ3) is 1.82. The highest BCUT2D eigenvalue weighted by Crippen LogP contribution is 2.22. The van der Waals surface area contributed by atoms with Crippen LogP contribution in [0.1, 0.15) is 0 Å². The maximum atomic E-state index is 11.8. The lowest BCUT2D eigenvalue weighted by Crippen LogP contribution is -2.10. The highest BCUT2D eigenvalue weighted by molar-refractivity contribution is 5.73. The minimum atomic E-state index is -0.676. The van der Waals surface area contributed by atoms with E-state index in [1.54, 1.807) is 0 Å². The summed E-state index contributed by atoms with van der Waals surface area (Å²) in [6.07, 6.45) is 2.59. The van der Waals surface area contributed by atoms with Gasteiger partial charge in [0.2, 0.25) is 0 Å². The molecule has 3 heterocycles. The first-order valence-corrected chi connectivity index (χ1v) is 5.10. The van der Waals surface area contributed by atoms with Gasteiger partial charge in [0.05, 0.1) is 6.07 Å². The number of nitro groups is 1. The molecule has 0 unspecified atom stereocenters. The summed E-state index contributed by atoms with van der Waals surface area (Å²) in [7, 11) is 0. The van der Waals surface area contributed by atoms with Crippen LogP contribution in [0.3, 0.4) is 0 Å². The fourth-order valence-electron chi connectivity index (χ4n) is 1.55. The minimum absolute atomic E-state index is 0.0734. The van der Waals surface area contributed by atoms with Crippen LogP contribution < -0.4 is 5.56 Å². The Bertz CT molecular complexity index is 837. The molecule has 0 aliphatic rings. The maximum Gasteiger partial charge on any atom is 0.433 e. The molecule has 3 rings (SSSR count). The molecule has 3 aromatic heterocycles. The number of rotatable bonds is 2. The number of furan rings is 1. The molecule has 94 valence electrons. The molecule has 0 saturated carbocycles. The molecule has 0 aromatic carbocycles. The van der Waals surface area contributed by atoms with Crippen LogP contribution in [0.5, 0.6) is 0 Å². The largest absolute Gasteiger partial charge is 0.433 e. The smallest absolute Gasteiger partial charge is 0.397 e. The molecule has 0 radical (unpaired) electrons. The van der Waals surface area contributed by atoms with Crippen molar-refractivity contribution in [2.75, 3.05) is 0 Å². The van der Waals surface area contributed by atoms with Crippen molar-refractivity contribution in [3.63, 3.8) is 0 Å². The zero-order chi connectivity index (χ0) is 13.4. The van der Waals surface area contributed by atoms with Crippen LogP contribution in [0, 0.1) is 10.1 Å². The molecule has 0 saturated heterocycles. The Hall–Kier alpha value is -3.10. The number of hydrogen-bond acceptors (Lipinski definition) is 7. The Morgan fingerprint density at radius 3 is 2.95 bits per heavy atom. The topological polar surface area (TPSA) is 128 Å². The van der Waals surface area contributed by atoms with E-state index in [4.69, 9.17) is 4.42 Å². The van der Waals surface area contributed by atoms with E-state index in [1.165, 1.54) is 24.7 Å². The number of hydrogen-bond donors (Lipinski definition) is 1. The zero-order valence-electron chi connectivity index (χ0n) is 9.23. The van der Waals surface area contributed by atoms with Crippen LogP contribution in [0.2, 0.25) is 0 Å². The van der Waals surface area contributed by atoms with Crippen molar-refractivity contribution in [1.82, 2.24) is 19.9 Å². The van der Waals surface area contributed by atoms with Gasteiger partial charge in [-0.25, -0.2) is 15.0 Å². The second kappa shape index (κ2) is 3.98. The fourth-order valence-corrected chi connectivity index (χ4v) is 1.55. The Balaban J connectivity index is 2.19. The summed E-state index contributed by atoms with van der Waals surface area (Å²) in [5, 5.41) is 10.8. The van der Waals surface area contributed by atoms with Gasteiger partial charge in [0, 0.05) is 6.20 Å². The summed E-state index contributed by atoms with van der Waals surface area (Å²) >= 11 is 0. The third-order valence-electron chi connectivity index (χ3n) is 2.39. The number of nitrogens with one attached hydrogen (secondary N) is 1. The summed E-state index contributed by atoms with van der Waals surface area (Å²) in [6, 6.07) is 2.53. The zero-order valence-corrected chi connectivity index (χ0v) is 9.23. The third-order valence-corrected chi connectivity index (χ3v) is 2.39. The first-order valence-electron chi connectivity index (χ1n) is 5.10. The number of fused-ring (bicyclic) bond motifs is 1. The average molecular weight is 259 g/mol. The van der Waals surface area contributed by atoms with Crippen molar-refractivity contribution in [3.8, 4) is 11.6 Å². The monoisotopic (exact) mass is 259 g/mol. The molecule has 1 N–H and O–H groups in total. The summed E-state index contributed by atoms with van der Waals surface area (Å²) in [4.78, 5) is 35.7. The second-order valence-corrected chi connectivity index (χ2v) is 3.57. The van der Waals surface area contributed by atoms with Gasteiger partial charge in [0.15, 0.2) is 17.2 Å². The predicted octanol–water partition coefficient (Wildman–Crippen LogP) is 0.881. The van der Waals surface area contributed by atoms with Crippen LogP contribution in [0.4, 0.5) is 5.88 Å². The van der Waals surface area contributed by atoms with Crippen LogP contribution in [0.15, 0.2) is 33.9 Å². The Morgan fingerprint density at radius 1 is 1.37 bits per heavy atom. The molecule has 0 spiro atoms.